The van der Waals surface area contributed by atoms with Gasteiger partial charge in [0.05, 0.1) is 0 Å². The molecule has 0 saturated heterocycles. The van der Waals surface area contributed by atoms with Crippen LogP contribution in [0, 0.1) is 12.8 Å². The smallest absolute Gasteiger partial charge is 0.260 e. The lowest BCUT2D eigenvalue weighted by atomic mass is 10.1. The Labute approximate surface area is 128 Å². The summed E-state index contributed by atoms with van der Waals surface area (Å²) in [5.74, 6) is 0.580. The number of nitrogens with one attached hydrogen (secondary N) is 3. The minimum atomic E-state index is -3.54. The van der Waals surface area contributed by atoms with Gasteiger partial charge in [0.15, 0.2) is 5.03 Å². The second-order valence-corrected chi connectivity index (χ2v) is 7.43. The van der Waals surface area contributed by atoms with E-state index < -0.39 is 10.0 Å². The number of aryl methyl sites for hydroxylation is 1. The fourth-order valence-corrected chi connectivity index (χ4v) is 3.30. The minimum absolute atomic E-state index is 0.119. The molecule has 0 aliphatic heterocycles. The van der Waals surface area contributed by atoms with Gasteiger partial charge in [-0.1, -0.05) is 20.8 Å². The summed E-state index contributed by atoms with van der Waals surface area (Å²) in [6, 6.07) is 0. The van der Waals surface area contributed by atoms with E-state index >= 15 is 0 Å². The Bertz CT molecular complexity index is 523. The van der Waals surface area contributed by atoms with E-state index in [4.69, 9.17) is 0 Å². The number of rotatable bonds is 10. The molecule has 0 aromatic carbocycles. The normalized spacial score (nSPS) is 12.2. The maximum atomic E-state index is 12.3. The number of sulfonamides is 1. The van der Waals surface area contributed by atoms with Crippen LogP contribution < -0.4 is 10.0 Å². The third kappa shape index (κ3) is 5.76. The summed E-state index contributed by atoms with van der Waals surface area (Å²) in [6.45, 7) is 9.99. The van der Waals surface area contributed by atoms with Gasteiger partial charge in [0.1, 0.15) is 0 Å². The van der Waals surface area contributed by atoms with Gasteiger partial charge in [-0.05, 0) is 38.6 Å². The Morgan fingerprint density at radius 2 is 2.00 bits per heavy atom. The van der Waals surface area contributed by atoms with Crippen LogP contribution in [-0.4, -0.2) is 31.7 Å². The van der Waals surface area contributed by atoms with Crippen molar-refractivity contribution in [3.05, 3.63) is 11.3 Å². The number of hydrogen-bond donors (Lipinski definition) is 3. The van der Waals surface area contributed by atoms with E-state index in [1.807, 2.05) is 6.92 Å². The molecule has 0 aliphatic rings. The van der Waals surface area contributed by atoms with Crippen molar-refractivity contribution in [2.45, 2.75) is 58.5 Å². The third-order valence-electron chi connectivity index (χ3n) is 3.27. The predicted octanol–water partition coefficient (Wildman–Crippen LogP) is 1.93. The number of nitrogens with zero attached hydrogens (tertiary/aromatic N) is 1. The van der Waals surface area contributed by atoms with Crippen molar-refractivity contribution >= 4 is 10.0 Å². The van der Waals surface area contributed by atoms with Crippen molar-refractivity contribution in [1.82, 2.24) is 20.2 Å². The first-order valence-corrected chi connectivity index (χ1v) is 9.11. The number of aromatic nitrogens is 2. The second-order valence-electron chi connectivity index (χ2n) is 5.74. The molecule has 0 bridgehead atoms. The molecule has 21 heavy (non-hydrogen) atoms. The van der Waals surface area contributed by atoms with Gasteiger partial charge in [-0.15, -0.1) is 0 Å². The SMILES string of the molecule is CCCNCc1c(S(=O)(=O)NCCCC(C)C)n[nH]c1C. The fraction of sp³-hybridized carbons (Fsp3) is 0.786. The first-order chi connectivity index (χ1) is 9.88. The average Bonchev–Trinajstić information content (AvgIpc) is 2.77. The van der Waals surface area contributed by atoms with E-state index in [0.29, 0.717) is 19.0 Å². The van der Waals surface area contributed by atoms with Gasteiger partial charge in [-0.25, -0.2) is 13.1 Å². The third-order valence-corrected chi connectivity index (χ3v) is 4.70. The summed E-state index contributed by atoms with van der Waals surface area (Å²) in [5, 5.41) is 10.1. The molecule has 7 heteroatoms. The van der Waals surface area contributed by atoms with Crippen molar-refractivity contribution in [2.75, 3.05) is 13.1 Å². The molecule has 6 nitrogen and oxygen atoms in total. The van der Waals surface area contributed by atoms with E-state index in [1.165, 1.54) is 0 Å². The lowest BCUT2D eigenvalue weighted by Gasteiger charge is -2.09. The molecule has 1 aromatic rings. The Morgan fingerprint density at radius 3 is 2.62 bits per heavy atom. The molecule has 122 valence electrons. The fourth-order valence-electron chi connectivity index (χ4n) is 2.04. The molecule has 0 aliphatic carbocycles. The van der Waals surface area contributed by atoms with Crippen molar-refractivity contribution in [3.8, 4) is 0 Å². The number of H-pyrrole nitrogens is 1. The van der Waals surface area contributed by atoms with Gasteiger partial charge >= 0.3 is 0 Å². The van der Waals surface area contributed by atoms with Crippen molar-refractivity contribution in [2.24, 2.45) is 5.92 Å². The van der Waals surface area contributed by atoms with E-state index in [9.17, 15) is 8.42 Å². The maximum Gasteiger partial charge on any atom is 0.260 e. The van der Waals surface area contributed by atoms with Gasteiger partial charge in [0.25, 0.3) is 10.0 Å². The summed E-state index contributed by atoms with van der Waals surface area (Å²) in [4.78, 5) is 0. The highest BCUT2D eigenvalue weighted by atomic mass is 32.2. The highest BCUT2D eigenvalue weighted by molar-refractivity contribution is 7.89. The molecule has 1 rings (SSSR count). The van der Waals surface area contributed by atoms with E-state index in [2.05, 4.69) is 41.0 Å². The van der Waals surface area contributed by atoms with Gasteiger partial charge in [0, 0.05) is 24.3 Å². The Kier molecular flexibility index (Phi) is 7.34. The summed E-state index contributed by atoms with van der Waals surface area (Å²) >= 11 is 0. The van der Waals surface area contributed by atoms with Gasteiger partial charge in [-0.2, -0.15) is 5.10 Å². The zero-order chi connectivity index (χ0) is 15.9. The lowest BCUT2D eigenvalue weighted by Crippen LogP contribution is -2.27. The molecule has 0 radical (unpaired) electrons. The van der Waals surface area contributed by atoms with Crippen molar-refractivity contribution < 1.29 is 8.42 Å². The monoisotopic (exact) mass is 316 g/mol. The molecule has 0 spiro atoms. The number of aromatic amines is 1. The standard InChI is InChI=1S/C14H28N4O2S/c1-5-8-15-10-13-12(4)17-18-14(13)21(19,20)16-9-6-7-11(2)3/h11,15-16H,5-10H2,1-4H3,(H,17,18). The highest BCUT2D eigenvalue weighted by Crippen LogP contribution is 2.16. The zero-order valence-electron chi connectivity index (χ0n) is 13.5. The topological polar surface area (TPSA) is 86.9 Å². The molecule has 1 heterocycles. The predicted molar refractivity (Wildman–Crippen MR) is 84.6 cm³/mol. The van der Waals surface area contributed by atoms with E-state index in [1.54, 1.807) is 0 Å². The molecule has 0 atom stereocenters. The van der Waals surface area contributed by atoms with Crippen LogP contribution in [0.5, 0.6) is 0 Å². The maximum absolute atomic E-state index is 12.3. The molecular weight excluding hydrogens is 288 g/mol. The van der Waals surface area contributed by atoms with Crippen LogP contribution in [0.15, 0.2) is 5.03 Å². The van der Waals surface area contributed by atoms with Crippen molar-refractivity contribution in [3.63, 3.8) is 0 Å². The quantitative estimate of drug-likeness (QED) is 0.576. The first kappa shape index (κ1) is 18.1. The van der Waals surface area contributed by atoms with Crippen LogP contribution in [0.25, 0.3) is 0 Å². The Morgan fingerprint density at radius 1 is 1.29 bits per heavy atom. The van der Waals surface area contributed by atoms with Gasteiger partial charge in [-0.3, -0.25) is 5.10 Å². The van der Waals surface area contributed by atoms with Crippen LogP contribution in [0.1, 0.15) is 51.3 Å². The molecule has 0 saturated carbocycles. The number of hydrogen-bond acceptors (Lipinski definition) is 4. The highest BCUT2D eigenvalue weighted by Gasteiger charge is 2.23. The zero-order valence-corrected chi connectivity index (χ0v) is 14.3. The molecule has 0 amide bonds. The molecule has 3 N–H and O–H groups in total. The largest absolute Gasteiger partial charge is 0.313 e. The lowest BCUT2D eigenvalue weighted by molar-refractivity contribution is 0.537. The van der Waals surface area contributed by atoms with Crippen LogP contribution in [0.2, 0.25) is 0 Å². The Hall–Kier alpha value is -0.920. The van der Waals surface area contributed by atoms with Gasteiger partial charge < -0.3 is 5.32 Å². The minimum Gasteiger partial charge on any atom is -0.313 e. The van der Waals surface area contributed by atoms with E-state index in [0.717, 1.165) is 37.1 Å². The molecular formula is C14H28N4O2S. The van der Waals surface area contributed by atoms with E-state index in [-0.39, 0.29) is 5.03 Å². The summed E-state index contributed by atoms with van der Waals surface area (Å²) in [6.07, 6.45) is 2.85. The summed E-state index contributed by atoms with van der Waals surface area (Å²) < 4.78 is 27.3. The average molecular weight is 316 g/mol. The summed E-state index contributed by atoms with van der Waals surface area (Å²) in [7, 11) is -3.54. The van der Waals surface area contributed by atoms with Crippen LogP contribution in [0.3, 0.4) is 0 Å². The Balaban J connectivity index is 2.69. The van der Waals surface area contributed by atoms with Crippen LogP contribution >= 0.6 is 0 Å². The van der Waals surface area contributed by atoms with Gasteiger partial charge in [0.2, 0.25) is 0 Å². The molecule has 0 fully saturated rings. The van der Waals surface area contributed by atoms with Crippen molar-refractivity contribution in [1.29, 1.82) is 0 Å². The molecule has 1 aromatic heterocycles. The second kappa shape index (κ2) is 8.51. The van der Waals surface area contributed by atoms with Crippen LogP contribution in [0.4, 0.5) is 0 Å². The molecule has 0 unspecified atom stereocenters. The van der Waals surface area contributed by atoms with Crippen LogP contribution in [-0.2, 0) is 16.6 Å². The summed E-state index contributed by atoms with van der Waals surface area (Å²) in [5.41, 5.74) is 1.51. The first-order valence-electron chi connectivity index (χ1n) is 7.62.